The van der Waals surface area contributed by atoms with Gasteiger partial charge in [0.1, 0.15) is 0 Å². The van der Waals surface area contributed by atoms with Crippen molar-refractivity contribution in [3.05, 3.63) is 23.8 Å². The molecular formula is C11H15NO3. The molecule has 1 heterocycles. The molecular weight excluding hydrogens is 194 g/mol. The Labute approximate surface area is 88.8 Å². The number of aromatic hydroxyl groups is 1. The van der Waals surface area contributed by atoms with E-state index < -0.39 is 0 Å². The molecule has 82 valence electrons. The fourth-order valence-electron chi connectivity index (χ4n) is 1.67. The standard InChI is InChI=1S/C11H15NO3/c1-14-10-6-8(2-3-9(10)13)11-7-12-4-5-15-11/h2-3,6,11-13H,4-5,7H2,1H3. The summed E-state index contributed by atoms with van der Waals surface area (Å²) in [4.78, 5) is 0. The van der Waals surface area contributed by atoms with E-state index in [4.69, 9.17) is 9.47 Å². The van der Waals surface area contributed by atoms with Crippen LogP contribution in [0.3, 0.4) is 0 Å². The van der Waals surface area contributed by atoms with Crippen LogP contribution in [0.15, 0.2) is 18.2 Å². The van der Waals surface area contributed by atoms with E-state index in [1.807, 2.05) is 12.1 Å². The van der Waals surface area contributed by atoms with E-state index in [-0.39, 0.29) is 11.9 Å². The first-order valence-electron chi connectivity index (χ1n) is 5.00. The van der Waals surface area contributed by atoms with Crippen molar-refractivity contribution < 1.29 is 14.6 Å². The molecule has 1 atom stereocenters. The zero-order valence-electron chi connectivity index (χ0n) is 8.69. The SMILES string of the molecule is COc1cc(C2CNCCO2)ccc1O. The monoisotopic (exact) mass is 209 g/mol. The number of nitrogens with one attached hydrogen (secondary N) is 1. The van der Waals surface area contributed by atoms with Gasteiger partial charge < -0.3 is 19.9 Å². The fourth-order valence-corrected chi connectivity index (χ4v) is 1.67. The number of hydrogen-bond acceptors (Lipinski definition) is 4. The van der Waals surface area contributed by atoms with Crippen LogP contribution in [-0.2, 0) is 4.74 Å². The number of phenolic OH excluding ortho intramolecular Hbond substituents is 1. The van der Waals surface area contributed by atoms with Gasteiger partial charge in [0.2, 0.25) is 0 Å². The highest BCUT2D eigenvalue weighted by Crippen LogP contribution is 2.30. The Hall–Kier alpha value is -1.26. The molecule has 1 fully saturated rings. The third kappa shape index (κ3) is 2.22. The quantitative estimate of drug-likeness (QED) is 0.764. The van der Waals surface area contributed by atoms with Crippen molar-refractivity contribution in [3.63, 3.8) is 0 Å². The van der Waals surface area contributed by atoms with Crippen LogP contribution >= 0.6 is 0 Å². The minimum absolute atomic E-state index is 0.0493. The first-order chi connectivity index (χ1) is 7.31. The van der Waals surface area contributed by atoms with Gasteiger partial charge >= 0.3 is 0 Å². The van der Waals surface area contributed by atoms with Crippen molar-refractivity contribution >= 4 is 0 Å². The molecule has 2 N–H and O–H groups in total. The Kier molecular flexibility index (Phi) is 3.08. The van der Waals surface area contributed by atoms with Gasteiger partial charge in [-0.2, -0.15) is 0 Å². The minimum Gasteiger partial charge on any atom is -0.504 e. The molecule has 2 rings (SSSR count). The van der Waals surface area contributed by atoms with Crippen molar-refractivity contribution in [3.8, 4) is 11.5 Å². The van der Waals surface area contributed by atoms with Gasteiger partial charge in [-0.25, -0.2) is 0 Å². The second-order valence-electron chi connectivity index (χ2n) is 3.49. The molecule has 1 aliphatic heterocycles. The Morgan fingerprint density at radius 3 is 3.07 bits per heavy atom. The number of methoxy groups -OCH3 is 1. The summed E-state index contributed by atoms with van der Waals surface area (Å²) in [6.45, 7) is 2.41. The zero-order valence-corrected chi connectivity index (χ0v) is 8.69. The van der Waals surface area contributed by atoms with Gasteiger partial charge in [-0.3, -0.25) is 0 Å². The average molecular weight is 209 g/mol. The van der Waals surface area contributed by atoms with E-state index >= 15 is 0 Å². The lowest BCUT2D eigenvalue weighted by Crippen LogP contribution is -2.33. The Morgan fingerprint density at radius 1 is 1.53 bits per heavy atom. The van der Waals surface area contributed by atoms with Crippen LogP contribution in [0.25, 0.3) is 0 Å². The molecule has 4 heteroatoms. The third-order valence-electron chi connectivity index (χ3n) is 2.50. The average Bonchev–Trinajstić information content (AvgIpc) is 2.31. The maximum Gasteiger partial charge on any atom is 0.160 e. The summed E-state index contributed by atoms with van der Waals surface area (Å²) < 4.78 is 10.7. The van der Waals surface area contributed by atoms with Crippen LogP contribution in [0.4, 0.5) is 0 Å². The molecule has 0 spiro atoms. The fraction of sp³-hybridized carbons (Fsp3) is 0.455. The van der Waals surface area contributed by atoms with Gasteiger partial charge in [0, 0.05) is 13.1 Å². The van der Waals surface area contributed by atoms with Gasteiger partial charge in [0.15, 0.2) is 11.5 Å². The van der Waals surface area contributed by atoms with Crippen LogP contribution in [0.5, 0.6) is 11.5 Å². The summed E-state index contributed by atoms with van der Waals surface area (Å²) in [7, 11) is 1.54. The highest BCUT2D eigenvalue weighted by atomic mass is 16.5. The normalized spacial score (nSPS) is 21.3. The molecule has 0 radical (unpaired) electrons. The molecule has 0 saturated carbocycles. The maximum atomic E-state index is 9.45. The summed E-state index contributed by atoms with van der Waals surface area (Å²) in [5.74, 6) is 0.645. The van der Waals surface area contributed by atoms with Crippen LogP contribution in [0.2, 0.25) is 0 Å². The Bertz CT molecular complexity index is 335. The van der Waals surface area contributed by atoms with Gasteiger partial charge in [-0.05, 0) is 17.7 Å². The number of ether oxygens (including phenoxy) is 2. The first-order valence-corrected chi connectivity index (χ1v) is 5.00. The van der Waals surface area contributed by atoms with E-state index in [1.165, 1.54) is 0 Å². The molecule has 0 amide bonds. The van der Waals surface area contributed by atoms with Crippen molar-refractivity contribution in [1.82, 2.24) is 5.32 Å². The predicted octanol–water partition coefficient (Wildman–Crippen LogP) is 1.06. The topological polar surface area (TPSA) is 50.7 Å². The molecule has 1 aromatic rings. The Balaban J connectivity index is 2.20. The maximum absolute atomic E-state index is 9.45. The Morgan fingerprint density at radius 2 is 2.40 bits per heavy atom. The van der Waals surface area contributed by atoms with Gasteiger partial charge in [-0.15, -0.1) is 0 Å². The summed E-state index contributed by atoms with van der Waals surface area (Å²) in [6.07, 6.45) is 0.0493. The molecule has 1 aromatic carbocycles. The molecule has 0 bridgehead atoms. The van der Waals surface area contributed by atoms with Crippen molar-refractivity contribution in [2.24, 2.45) is 0 Å². The molecule has 4 nitrogen and oxygen atoms in total. The summed E-state index contributed by atoms with van der Waals surface area (Å²) in [5, 5.41) is 12.7. The molecule has 1 unspecified atom stereocenters. The highest BCUT2D eigenvalue weighted by molar-refractivity contribution is 5.42. The van der Waals surface area contributed by atoms with Crippen LogP contribution < -0.4 is 10.1 Å². The van der Waals surface area contributed by atoms with Crippen molar-refractivity contribution in [2.75, 3.05) is 26.8 Å². The molecule has 0 aliphatic carbocycles. The van der Waals surface area contributed by atoms with Crippen LogP contribution in [0.1, 0.15) is 11.7 Å². The lowest BCUT2D eigenvalue weighted by molar-refractivity contribution is 0.0275. The highest BCUT2D eigenvalue weighted by Gasteiger charge is 2.16. The van der Waals surface area contributed by atoms with Crippen LogP contribution in [-0.4, -0.2) is 31.9 Å². The van der Waals surface area contributed by atoms with Gasteiger partial charge in [0.25, 0.3) is 0 Å². The lowest BCUT2D eigenvalue weighted by atomic mass is 10.1. The van der Waals surface area contributed by atoms with E-state index in [9.17, 15) is 5.11 Å². The van der Waals surface area contributed by atoms with Gasteiger partial charge in [0.05, 0.1) is 19.8 Å². The summed E-state index contributed by atoms with van der Waals surface area (Å²) >= 11 is 0. The predicted molar refractivity (Wildman–Crippen MR) is 56.2 cm³/mol. The van der Waals surface area contributed by atoms with E-state index in [1.54, 1.807) is 13.2 Å². The number of hydrogen-bond donors (Lipinski definition) is 2. The minimum atomic E-state index is 0.0493. The lowest BCUT2D eigenvalue weighted by Gasteiger charge is -2.24. The van der Waals surface area contributed by atoms with E-state index in [2.05, 4.69) is 5.32 Å². The number of rotatable bonds is 2. The number of morpholine rings is 1. The van der Waals surface area contributed by atoms with Gasteiger partial charge in [-0.1, -0.05) is 6.07 Å². The number of phenols is 1. The third-order valence-corrected chi connectivity index (χ3v) is 2.50. The van der Waals surface area contributed by atoms with E-state index in [0.717, 1.165) is 18.7 Å². The molecule has 1 saturated heterocycles. The van der Waals surface area contributed by atoms with Crippen LogP contribution in [0, 0.1) is 0 Å². The molecule has 15 heavy (non-hydrogen) atoms. The summed E-state index contributed by atoms with van der Waals surface area (Å²) in [6, 6.07) is 5.30. The zero-order chi connectivity index (χ0) is 10.7. The van der Waals surface area contributed by atoms with Crippen molar-refractivity contribution in [2.45, 2.75) is 6.10 Å². The smallest absolute Gasteiger partial charge is 0.160 e. The second kappa shape index (κ2) is 4.51. The number of benzene rings is 1. The largest absolute Gasteiger partial charge is 0.504 e. The van der Waals surface area contributed by atoms with E-state index in [0.29, 0.717) is 12.4 Å². The second-order valence-corrected chi connectivity index (χ2v) is 3.49. The molecule has 1 aliphatic rings. The molecule has 0 aromatic heterocycles. The summed E-state index contributed by atoms with van der Waals surface area (Å²) in [5.41, 5.74) is 1.02. The van der Waals surface area contributed by atoms with Crippen molar-refractivity contribution in [1.29, 1.82) is 0 Å². The first kappa shape index (κ1) is 10.3.